The highest BCUT2D eigenvalue weighted by Gasteiger charge is 2.17. The van der Waals surface area contributed by atoms with E-state index < -0.39 is 11.9 Å². The molecule has 1 aromatic rings. The van der Waals surface area contributed by atoms with E-state index in [-0.39, 0.29) is 6.54 Å². The van der Waals surface area contributed by atoms with Crippen LogP contribution in [0.5, 0.6) is 0 Å². The molecule has 0 saturated heterocycles. The summed E-state index contributed by atoms with van der Waals surface area (Å²) in [6.45, 7) is 2.11. The third-order valence-corrected chi connectivity index (χ3v) is 2.51. The third-order valence-electron chi connectivity index (χ3n) is 2.51. The molecule has 106 valence electrons. The Morgan fingerprint density at radius 2 is 1.95 bits per heavy atom. The van der Waals surface area contributed by atoms with Gasteiger partial charge < -0.3 is 10.1 Å². The second-order valence-electron chi connectivity index (χ2n) is 4.09. The molecule has 0 heterocycles. The summed E-state index contributed by atoms with van der Waals surface area (Å²) in [5.74, 6) is -0.519. The van der Waals surface area contributed by atoms with Crippen molar-refractivity contribution < 1.29 is 14.4 Å². The molecule has 0 aromatic heterocycles. The van der Waals surface area contributed by atoms with Gasteiger partial charge in [-0.05, 0) is 18.1 Å². The fourth-order valence-corrected chi connectivity index (χ4v) is 1.50. The predicted octanol–water partition coefficient (Wildman–Crippen LogP) is 1.85. The zero-order chi connectivity index (χ0) is 14.8. The van der Waals surface area contributed by atoms with Gasteiger partial charge in [0.1, 0.15) is 6.29 Å². The van der Waals surface area contributed by atoms with Crippen LogP contribution in [-0.4, -0.2) is 36.2 Å². The maximum absolute atomic E-state index is 11.9. The van der Waals surface area contributed by atoms with E-state index in [4.69, 9.17) is 0 Å². The van der Waals surface area contributed by atoms with Crippen molar-refractivity contribution in [3.8, 4) is 0 Å². The number of hydrogen-bond acceptors (Lipinski definition) is 3. The molecule has 0 aliphatic rings. The Balaban J connectivity index is 2.71. The van der Waals surface area contributed by atoms with E-state index in [0.717, 1.165) is 16.9 Å². The van der Waals surface area contributed by atoms with Gasteiger partial charge in [-0.2, -0.15) is 0 Å². The summed E-state index contributed by atoms with van der Waals surface area (Å²) in [6, 6.07) is 8.69. The lowest BCUT2D eigenvalue weighted by molar-refractivity contribution is -0.125. The second kappa shape index (κ2) is 8.63. The van der Waals surface area contributed by atoms with Crippen LogP contribution in [0.15, 0.2) is 36.4 Å². The van der Waals surface area contributed by atoms with Crippen molar-refractivity contribution in [1.29, 1.82) is 0 Å². The quantitative estimate of drug-likeness (QED) is 0.636. The summed E-state index contributed by atoms with van der Waals surface area (Å²) in [5.41, 5.74) is 0.848. The smallest absolute Gasteiger partial charge is 0.324 e. The van der Waals surface area contributed by atoms with Gasteiger partial charge >= 0.3 is 6.03 Å². The summed E-state index contributed by atoms with van der Waals surface area (Å²) in [7, 11) is 0. The first-order chi connectivity index (χ1) is 9.69. The molecule has 0 saturated carbocycles. The van der Waals surface area contributed by atoms with Gasteiger partial charge in [0.25, 0.3) is 5.91 Å². The number of aldehydes is 1. The number of benzene rings is 1. The molecule has 0 bridgehead atoms. The van der Waals surface area contributed by atoms with E-state index in [1.54, 1.807) is 6.08 Å². The van der Waals surface area contributed by atoms with Gasteiger partial charge in [0.05, 0.1) is 6.54 Å². The zero-order valence-corrected chi connectivity index (χ0v) is 11.4. The van der Waals surface area contributed by atoms with Gasteiger partial charge in [-0.15, -0.1) is 0 Å². The molecule has 0 atom stereocenters. The highest BCUT2D eigenvalue weighted by molar-refractivity contribution is 6.03. The maximum atomic E-state index is 11.9. The summed E-state index contributed by atoms with van der Waals surface area (Å²) in [6.07, 6.45) is 4.17. The Morgan fingerprint density at radius 3 is 2.55 bits per heavy atom. The number of nitrogens with one attached hydrogen (secondary N) is 1. The molecule has 1 N–H and O–H groups in total. The van der Waals surface area contributed by atoms with Gasteiger partial charge in [-0.25, -0.2) is 4.79 Å². The molecule has 3 amide bonds. The topological polar surface area (TPSA) is 66.5 Å². The number of nitrogens with zero attached hydrogens (tertiary/aromatic N) is 1. The van der Waals surface area contributed by atoms with Crippen molar-refractivity contribution in [2.24, 2.45) is 0 Å². The first-order valence-electron chi connectivity index (χ1n) is 6.45. The number of rotatable bonds is 6. The standard InChI is InChI=1S/C15H18N2O3/c1-2-10-16-15(20)17(11-12-18)14(19)9-8-13-6-4-3-5-7-13/h3-9,12H,2,10-11H2,1H3,(H,16,20). The van der Waals surface area contributed by atoms with Crippen molar-refractivity contribution in [3.05, 3.63) is 42.0 Å². The Labute approximate surface area is 118 Å². The van der Waals surface area contributed by atoms with Crippen LogP contribution in [0.25, 0.3) is 6.08 Å². The summed E-state index contributed by atoms with van der Waals surface area (Å²) >= 11 is 0. The molecule has 0 aliphatic carbocycles. The zero-order valence-electron chi connectivity index (χ0n) is 11.4. The van der Waals surface area contributed by atoms with E-state index in [9.17, 15) is 14.4 Å². The van der Waals surface area contributed by atoms with E-state index in [2.05, 4.69) is 5.32 Å². The Hall–Kier alpha value is -2.43. The van der Waals surface area contributed by atoms with E-state index in [1.165, 1.54) is 6.08 Å². The van der Waals surface area contributed by atoms with Gasteiger partial charge in [0.15, 0.2) is 0 Å². The number of hydrogen-bond donors (Lipinski definition) is 1. The fraction of sp³-hybridized carbons (Fsp3) is 0.267. The molecule has 0 unspecified atom stereocenters. The lowest BCUT2D eigenvalue weighted by Gasteiger charge is -2.16. The van der Waals surface area contributed by atoms with Crippen LogP contribution in [0.2, 0.25) is 0 Å². The predicted molar refractivity (Wildman–Crippen MR) is 76.9 cm³/mol. The highest BCUT2D eigenvalue weighted by atomic mass is 16.2. The lowest BCUT2D eigenvalue weighted by atomic mass is 10.2. The minimum atomic E-state index is -0.554. The Bertz CT molecular complexity index is 483. The summed E-state index contributed by atoms with van der Waals surface area (Å²) < 4.78 is 0. The Morgan fingerprint density at radius 1 is 1.25 bits per heavy atom. The molecular formula is C15H18N2O3. The van der Waals surface area contributed by atoms with E-state index in [0.29, 0.717) is 12.8 Å². The molecule has 0 fully saturated rings. The second-order valence-corrected chi connectivity index (χ2v) is 4.09. The fourth-order valence-electron chi connectivity index (χ4n) is 1.50. The molecular weight excluding hydrogens is 256 g/mol. The summed E-state index contributed by atoms with van der Waals surface area (Å²) in [5, 5.41) is 2.57. The number of carbonyl (C=O) groups is 3. The molecule has 1 aromatic carbocycles. The normalized spacial score (nSPS) is 10.2. The highest BCUT2D eigenvalue weighted by Crippen LogP contribution is 2.02. The van der Waals surface area contributed by atoms with Crippen LogP contribution in [0.4, 0.5) is 4.79 Å². The van der Waals surface area contributed by atoms with Crippen LogP contribution >= 0.6 is 0 Å². The van der Waals surface area contributed by atoms with Crippen molar-refractivity contribution in [1.82, 2.24) is 10.2 Å². The first-order valence-corrected chi connectivity index (χ1v) is 6.45. The van der Waals surface area contributed by atoms with Crippen molar-refractivity contribution in [2.75, 3.05) is 13.1 Å². The van der Waals surface area contributed by atoms with E-state index >= 15 is 0 Å². The molecule has 5 nitrogen and oxygen atoms in total. The monoisotopic (exact) mass is 274 g/mol. The van der Waals surface area contributed by atoms with E-state index in [1.807, 2.05) is 37.3 Å². The average molecular weight is 274 g/mol. The molecule has 0 radical (unpaired) electrons. The van der Waals surface area contributed by atoms with Gasteiger partial charge in [-0.1, -0.05) is 37.3 Å². The van der Waals surface area contributed by atoms with Gasteiger partial charge in [0.2, 0.25) is 0 Å². The van der Waals surface area contributed by atoms with Crippen molar-refractivity contribution in [3.63, 3.8) is 0 Å². The number of imide groups is 1. The van der Waals surface area contributed by atoms with Crippen LogP contribution in [-0.2, 0) is 9.59 Å². The third kappa shape index (κ3) is 5.06. The summed E-state index contributed by atoms with van der Waals surface area (Å²) in [4.78, 5) is 35.1. The minimum absolute atomic E-state index is 0.256. The average Bonchev–Trinajstić information content (AvgIpc) is 2.49. The molecule has 20 heavy (non-hydrogen) atoms. The maximum Gasteiger partial charge on any atom is 0.324 e. The minimum Gasteiger partial charge on any atom is -0.338 e. The number of carbonyl (C=O) groups excluding carboxylic acids is 3. The molecule has 0 spiro atoms. The molecule has 5 heteroatoms. The SMILES string of the molecule is CCCNC(=O)N(CC=O)C(=O)C=Cc1ccccc1. The molecule has 1 rings (SSSR count). The van der Waals surface area contributed by atoms with Crippen LogP contribution < -0.4 is 5.32 Å². The van der Waals surface area contributed by atoms with Crippen molar-refractivity contribution in [2.45, 2.75) is 13.3 Å². The van der Waals surface area contributed by atoms with Gasteiger partial charge in [0, 0.05) is 12.6 Å². The molecule has 0 aliphatic heterocycles. The lowest BCUT2D eigenvalue weighted by Crippen LogP contribution is -2.44. The van der Waals surface area contributed by atoms with Crippen LogP contribution in [0, 0.1) is 0 Å². The van der Waals surface area contributed by atoms with Crippen molar-refractivity contribution >= 4 is 24.3 Å². The number of amides is 3. The van der Waals surface area contributed by atoms with Gasteiger partial charge in [-0.3, -0.25) is 9.69 Å². The van der Waals surface area contributed by atoms with Crippen LogP contribution in [0.1, 0.15) is 18.9 Å². The Kier molecular flexibility index (Phi) is 6.75. The van der Waals surface area contributed by atoms with Crippen LogP contribution in [0.3, 0.4) is 0 Å². The largest absolute Gasteiger partial charge is 0.338 e. The first kappa shape index (κ1) is 15.6. The number of urea groups is 1.